The number of hydrazone groups is 1. The monoisotopic (exact) mass is 143 g/mol. The molecule has 0 spiro atoms. The normalized spacial score (nSPS) is 17.0. The number of methoxy groups -OCH3 is 1. The molecule has 0 bridgehead atoms. The average molecular weight is 143 g/mol. The van der Waals surface area contributed by atoms with Crippen LogP contribution in [-0.2, 0) is 4.74 Å². The Morgan fingerprint density at radius 2 is 2.60 bits per heavy atom. The fraction of sp³-hybridized carbons (Fsp3) is 0.833. The summed E-state index contributed by atoms with van der Waals surface area (Å²) in [5, 5.41) is 4.05. The van der Waals surface area contributed by atoms with Crippen LogP contribution in [0.3, 0.4) is 0 Å². The molecular formula is C6H13N3O. The van der Waals surface area contributed by atoms with Crippen LogP contribution < -0.4 is 5.43 Å². The summed E-state index contributed by atoms with van der Waals surface area (Å²) in [5.74, 6) is 0.991. The largest absolute Gasteiger partial charge is 0.377 e. The van der Waals surface area contributed by atoms with Gasteiger partial charge in [-0.2, -0.15) is 5.10 Å². The molecule has 4 nitrogen and oxygen atoms in total. The molecule has 0 saturated heterocycles. The first-order chi connectivity index (χ1) is 4.88. The van der Waals surface area contributed by atoms with Crippen LogP contribution in [0, 0.1) is 0 Å². The highest BCUT2D eigenvalue weighted by molar-refractivity contribution is 5.84. The minimum atomic E-state index is 0.598. The average Bonchev–Trinajstić information content (AvgIpc) is 2.36. The maximum absolute atomic E-state index is 4.95. The third-order valence-electron chi connectivity index (χ3n) is 1.49. The zero-order valence-electron chi connectivity index (χ0n) is 6.42. The molecule has 0 aliphatic carbocycles. The van der Waals surface area contributed by atoms with Crippen molar-refractivity contribution < 1.29 is 4.74 Å². The van der Waals surface area contributed by atoms with E-state index in [4.69, 9.17) is 4.74 Å². The number of rotatable bonds is 3. The molecule has 0 aromatic rings. The van der Waals surface area contributed by atoms with Crippen molar-refractivity contribution in [1.29, 1.82) is 0 Å². The van der Waals surface area contributed by atoms with Crippen molar-refractivity contribution in [2.24, 2.45) is 5.10 Å². The minimum Gasteiger partial charge on any atom is -0.377 e. The van der Waals surface area contributed by atoms with E-state index in [0.717, 1.165) is 19.0 Å². The summed E-state index contributed by atoms with van der Waals surface area (Å²) in [6.07, 6.45) is 0. The smallest absolute Gasteiger partial charge is 0.152 e. The van der Waals surface area contributed by atoms with Crippen LogP contribution in [0.25, 0.3) is 0 Å². The second-order valence-electron chi connectivity index (χ2n) is 2.13. The van der Waals surface area contributed by atoms with Crippen LogP contribution in [0.1, 0.15) is 6.92 Å². The Balaban J connectivity index is 2.40. The first-order valence-corrected chi connectivity index (χ1v) is 3.41. The second-order valence-corrected chi connectivity index (χ2v) is 2.13. The molecule has 0 aromatic heterocycles. The van der Waals surface area contributed by atoms with E-state index in [1.165, 1.54) is 0 Å². The van der Waals surface area contributed by atoms with Gasteiger partial charge in [0, 0.05) is 13.7 Å². The van der Waals surface area contributed by atoms with Gasteiger partial charge in [-0.1, -0.05) is 0 Å². The van der Waals surface area contributed by atoms with Crippen LogP contribution in [0.4, 0.5) is 0 Å². The number of nitrogens with zero attached hydrogens (tertiary/aromatic N) is 2. The van der Waals surface area contributed by atoms with Gasteiger partial charge in [0.05, 0.1) is 0 Å². The summed E-state index contributed by atoms with van der Waals surface area (Å²) in [5.41, 5.74) is 2.89. The highest BCUT2D eigenvalue weighted by Gasteiger charge is 2.13. The zero-order valence-corrected chi connectivity index (χ0v) is 6.42. The van der Waals surface area contributed by atoms with Crippen LogP contribution in [0.2, 0.25) is 0 Å². The summed E-state index contributed by atoms with van der Waals surface area (Å²) >= 11 is 0. The van der Waals surface area contributed by atoms with E-state index in [9.17, 15) is 0 Å². The summed E-state index contributed by atoms with van der Waals surface area (Å²) in [4.78, 5) is 2.13. The second kappa shape index (κ2) is 3.41. The molecule has 58 valence electrons. The SMILES string of the molecule is CCN1CNN=C1COC. The number of hydrogen-bond donors (Lipinski definition) is 1. The van der Waals surface area contributed by atoms with E-state index >= 15 is 0 Å². The Hall–Kier alpha value is -0.770. The molecule has 1 aliphatic rings. The first-order valence-electron chi connectivity index (χ1n) is 3.41. The molecule has 0 atom stereocenters. The van der Waals surface area contributed by atoms with Gasteiger partial charge in [-0.05, 0) is 6.92 Å². The Morgan fingerprint density at radius 1 is 1.80 bits per heavy atom. The molecule has 0 aromatic carbocycles. The maximum atomic E-state index is 4.95. The molecule has 1 aliphatic heterocycles. The topological polar surface area (TPSA) is 36.9 Å². The van der Waals surface area contributed by atoms with Gasteiger partial charge in [0.25, 0.3) is 0 Å². The lowest BCUT2D eigenvalue weighted by Gasteiger charge is -2.14. The van der Waals surface area contributed by atoms with E-state index < -0.39 is 0 Å². The van der Waals surface area contributed by atoms with Gasteiger partial charge in [0.15, 0.2) is 5.84 Å². The summed E-state index contributed by atoms with van der Waals surface area (Å²) in [6, 6.07) is 0. The highest BCUT2D eigenvalue weighted by atomic mass is 16.5. The van der Waals surface area contributed by atoms with E-state index in [-0.39, 0.29) is 0 Å². The molecule has 4 heteroatoms. The lowest BCUT2D eigenvalue weighted by molar-refractivity contribution is 0.234. The predicted octanol–water partition coefficient (Wildman–Crippen LogP) is -0.171. The molecule has 0 radical (unpaired) electrons. The lowest BCUT2D eigenvalue weighted by atomic mass is 10.5. The maximum Gasteiger partial charge on any atom is 0.152 e. The van der Waals surface area contributed by atoms with Crippen molar-refractivity contribution in [2.45, 2.75) is 6.92 Å². The molecule has 0 unspecified atom stereocenters. The quantitative estimate of drug-likeness (QED) is 0.596. The number of amidine groups is 1. The van der Waals surface area contributed by atoms with Crippen molar-refractivity contribution in [1.82, 2.24) is 10.3 Å². The van der Waals surface area contributed by atoms with Gasteiger partial charge < -0.3 is 9.64 Å². The van der Waals surface area contributed by atoms with Crippen molar-refractivity contribution in [3.63, 3.8) is 0 Å². The Labute approximate surface area is 60.8 Å². The van der Waals surface area contributed by atoms with Crippen molar-refractivity contribution in [2.75, 3.05) is 26.9 Å². The van der Waals surface area contributed by atoms with Gasteiger partial charge in [0.1, 0.15) is 13.3 Å². The molecule has 0 saturated carbocycles. The third kappa shape index (κ3) is 1.39. The van der Waals surface area contributed by atoms with Crippen LogP contribution in [0.5, 0.6) is 0 Å². The predicted molar refractivity (Wildman–Crippen MR) is 39.7 cm³/mol. The van der Waals surface area contributed by atoms with E-state index in [1.807, 2.05) is 0 Å². The Morgan fingerprint density at radius 3 is 3.20 bits per heavy atom. The van der Waals surface area contributed by atoms with Crippen molar-refractivity contribution in [3.8, 4) is 0 Å². The standard InChI is InChI=1S/C6H13N3O/c1-3-9-5-7-8-6(9)4-10-2/h7H,3-5H2,1-2H3. The van der Waals surface area contributed by atoms with Crippen molar-refractivity contribution in [3.05, 3.63) is 0 Å². The van der Waals surface area contributed by atoms with Crippen LogP contribution in [0.15, 0.2) is 5.10 Å². The molecule has 1 heterocycles. The summed E-state index contributed by atoms with van der Waals surface area (Å²) < 4.78 is 4.95. The zero-order chi connectivity index (χ0) is 7.40. The first kappa shape index (κ1) is 7.34. The summed E-state index contributed by atoms with van der Waals surface area (Å²) in [7, 11) is 1.68. The molecular weight excluding hydrogens is 130 g/mol. The molecule has 0 fully saturated rings. The number of nitrogens with one attached hydrogen (secondary N) is 1. The van der Waals surface area contributed by atoms with E-state index in [1.54, 1.807) is 7.11 Å². The Kier molecular flexibility index (Phi) is 2.50. The van der Waals surface area contributed by atoms with Gasteiger partial charge in [-0.25, -0.2) is 0 Å². The number of likely N-dealkylation sites (N-methyl/N-ethyl adjacent to an activating group) is 1. The van der Waals surface area contributed by atoms with Gasteiger partial charge in [-0.3, -0.25) is 5.43 Å². The van der Waals surface area contributed by atoms with Gasteiger partial charge in [-0.15, -0.1) is 0 Å². The molecule has 1 rings (SSSR count). The number of ether oxygens (including phenoxy) is 1. The summed E-state index contributed by atoms with van der Waals surface area (Å²) in [6.45, 7) is 4.49. The molecule has 0 amide bonds. The number of hydrogen-bond acceptors (Lipinski definition) is 4. The molecule has 10 heavy (non-hydrogen) atoms. The Bertz CT molecular complexity index is 135. The van der Waals surface area contributed by atoms with Gasteiger partial charge in [0.2, 0.25) is 0 Å². The highest BCUT2D eigenvalue weighted by Crippen LogP contribution is 1.96. The van der Waals surface area contributed by atoms with Crippen molar-refractivity contribution >= 4 is 5.84 Å². The fourth-order valence-electron chi connectivity index (χ4n) is 0.921. The van der Waals surface area contributed by atoms with Crippen LogP contribution >= 0.6 is 0 Å². The minimum absolute atomic E-state index is 0.598. The molecule has 1 N–H and O–H groups in total. The van der Waals surface area contributed by atoms with Crippen LogP contribution in [-0.4, -0.2) is 37.7 Å². The van der Waals surface area contributed by atoms with Gasteiger partial charge >= 0.3 is 0 Å². The fourth-order valence-corrected chi connectivity index (χ4v) is 0.921. The van der Waals surface area contributed by atoms with E-state index in [0.29, 0.717) is 6.61 Å². The van der Waals surface area contributed by atoms with E-state index in [2.05, 4.69) is 22.4 Å². The lowest BCUT2D eigenvalue weighted by Crippen LogP contribution is -2.31. The third-order valence-corrected chi connectivity index (χ3v) is 1.49.